The SMILES string of the molecule is O=C1C(=CC=Cc2ccc([N+](=O)[O-])cc2)SC(=S)N1Cc1ccccc1. The van der Waals surface area contributed by atoms with E-state index < -0.39 is 4.92 Å². The number of allylic oxidation sites excluding steroid dienone is 2. The van der Waals surface area contributed by atoms with Crippen molar-refractivity contribution in [2.75, 3.05) is 0 Å². The molecule has 1 fully saturated rings. The van der Waals surface area contributed by atoms with Crippen LogP contribution in [0.1, 0.15) is 11.1 Å². The van der Waals surface area contributed by atoms with Crippen LogP contribution in [0.25, 0.3) is 6.08 Å². The number of thiocarbonyl (C=S) groups is 1. The molecule has 0 N–H and O–H groups in total. The van der Waals surface area contributed by atoms with E-state index in [0.717, 1.165) is 11.1 Å². The Labute approximate surface area is 160 Å². The molecular weight excluding hydrogens is 368 g/mol. The van der Waals surface area contributed by atoms with Crippen molar-refractivity contribution in [3.8, 4) is 0 Å². The predicted molar refractivity (Wildman–Crippen MR) is 107 cm³/mol. The van der Waals surface area contributed by atoms with Crippen molar-refractivity contribution in [1.82, 2.24) is 4.90 Å². The van der Waals surface area contributed by atoms with Gasteiger partial charge in [-0.15, -0.1) is 0 Å². The molecule has 2 aromatic carbocycles. The molecule has 5 nitrogen and oxygen atoms in total. The summed E-state index contributed by atoms with van der Waals surface area (Å²) >= 11 is 6.59. The van der Waals surface area contributed by atoms with E-state index >= 15 is 0 Å². The molecule has 0 saturated carbocycles. The van der Waals surface area contributed by atoms with Crippen LogP contribution in [0, 0.1) is 10.1 Å². The maximum atomic E-state index is 12.5. The summed E-state index contributed by atoms with van der Waals surface area (Å²) in [5.41, 5.74) is 1.88. The number of benzene rings is 2. The van der Waals surface area contributed by atoms with Gasteiger partial charge in [-0.25, -0.2) is 0 Å². The maximum absolute atomic E-state index is 12.5. The fourth-order valence-corrected chi connectivity index (χ4v) is 3.58. The van der Waals surface area contributed by atoms with Gasteiger partial charge in [0, 0.05) is 12.1 Å². The van der Waals surface area contributed by atoms with E-state index in [9.17, 15) is 14.9 Å². The molecule has 1 amide bonds. The third kappa shape index (κ3) is 4.25. The smallest absolute Gasteiger partial charge is 0.269 e. The van der Waals surface area contributed by atoms with Gasteiger partial charge in [0.2, 0.25) is 0 Å². The third-order valence-corrected chi connectivity index (χ3v) is 5.09. The van der Waals surface area contributed by atoms with Crippen LogP contribution in [0.3, 0.4) is 0 Å². The van der Waals surface area contributed by atoms with Crippen LogP contribution < -0.4 is 0 Å². The summed E-state index contributed by atoms with van der Waals surface area (Å²) in [6.45, 7) is 0.453. The van der Waals surface area contributed by atoms with E-state index in [1.54, 1.807) is 35.3 Å². The highest BCUT2D eigenvalue weighted by molar-refractivity contribution is 8.26. The summed E-state index contributed by atoms with van der Waals surface area (Å²) in [4.78, 5) is 24.9. The molecule has 2 aromatic rings. The van der Waals surface area contributed by atoms with Gasteiger partial charge in [-0.05, 0) is 29.3 Å². The standard InChI is InChI=1S/C19H14N2O3S2/c22-18-17(8-4-7-14-9-11-16(12-10-14)21(23)24)26-19(25)20(18)13-15-5-2-1-3-6-15/h1-12H,13H2. The first-order valence-corrected chi connectivity index (χ1v) is 8.97. The quantitative estimate of drug-likeness (QED) is 0.328. The lowest BCUT2D eigenvalue weighted by Gasteiger charge is -2.14. The van der Waals surface area contributed by atoms with E-state index in [4.69, 9.17) is 12.2 Å². The summed E-state index contributed by atoms with van der Waals surface area (Å²) in [6, 6.07) is 15.9. The van der Waals surface area contributed by atoms with Gasteiger partial charge >= 0.3 is 0 Å². The normalized spacial score (nSPS) is 16.0. The van der Waals surface area contributed by atoms with Crippen molar-refractivity contribution in [3.05, 3.63) is 92.9 Å². The highest BCUT2D eigenvalue weighted by atomic mass is 32.2. The Morgan fingerprint density at radius 1 is 1.12 bits per heavy atom. The van der Waals surface area contributed by atoms with Crippen molar-refractivity contribution in [2.24, 2.45) is 0 Å². The number of non-ortho nitro benzene ring substituents is 1. The number of hydrogen-bond donors (Lipinski definition) is 0. The van der Waals surface area contributed by atoms with Gasteiger partial charge in [0.05, 0.1) is 16.4 Å². The zero-order valence-corrected chi connectivity index (χ0v) is 15.2. The van der Waals surface area contributed by atoms with Crippen molar-refractivity contribution >= 4 is 46.0 Å². The molecule has 1 aliphatic rings. The minimum absolute atomic E-state index is 0.0453. The molecule has 0 aromatic heterocycles. The lowest BCUT2D eigenvalue weighted by atomic mass is 10.2. The van der Waals surface area contributed by atoms with Crippen molar-refractivity contribution in [2.45, 2.75) is 6.54 Å². The van der Waals surface area contributed by atoms with E-state index in [2.05, 4.69) is 0 Å². The molecule has 0 radical (unpaired) electrons. The first kappa shape index (κ1) is 18.0. The molecule has 7 heteroatoms. The monoisotopic (exact) mass is 382 g/mol. The average Bonchev–Trinajstić information content (AvgIpc) is 2.91. The Morgan fingerprint density at radius 2 is 1.81 bits per heavy atom. The van der Waals surface area contributed by atoms with Crippen LogP contribution in [0.4, 0.5) is 5.69 Å². The van der Waals surface area contributed by atoms with Gasteiger partial charge in [0.1, 0.15) is 4.32 Å². The van der Waals surface area contributed by atoms with Crippen LogP contribution in [0.5, 0.6) is 0 Å². The Morgan fingerprint density at radius 3 is 2.46 bits per heavy atom. The minimum atomic E-state index is -0.439. The first-order valence-electron chi connectivity index (χ1n) is 7.75. The highest BCUT2D eigenvalue weighted by Crippen LogP contribution is 2.32. The van der Waals surface area contributed by atoms with Crippen LogP contribution >= 0.6 is 24.0 Å². The summed E-state index contributed by atoms with van der Waals surface area (Å²) in [6.07, 6.45) is 5.25. The van der Waals surface area contributed by atoms with E-state index in [1.165, 1.54) is 23.9 Å². The van der Waals surface area contributed by atoms with Gasteiger partial charge in [-0.3, -0.25) is 19.8 Å². The molecule has 26 heavy (non-hydrogen) atoms. The number of carbonyl (C=O) groups is 1. The number of hydrogen-bond acceptors (Lipinski definition) is 5. The second-order valence-electron chi connectivity index (χ2n) is 5.48. The number of rotatable bonds is 5. The van der Waals surface area contributed by atoms with Gasteiger partial charge < -0.3 is 0 Å². The molecule has 0 unspecified atom stereocenters. The van der Waals surface area contributed by atoms with Crippen molar-refractivity contribution in [1.29, 1.82) is 0 Å². The molecular formula is C19H14N2O3S2. The molecule has 0 spiro atoms. The molecule has 0 atom stereocenters. The zero-order valence-electron chi connectivity index (χ0n) is 13.6. The molecule has 130 valence electrons. The predicted octanol–water partition coefficient (Wildman–Crippen LogP) is 4.55. The Kier molecular flexibility index (Phi) is 5.60. The van der Waals surface area contributed by atoms with E-state index in [-0.39, 0.29) is 11.6 Å². The topological polar surface area (TPSA) is 63.4 Å². The van der Waals surface area contributed by atoms with Crippen molar-refractivity contribution < 1.29 is 9.72 Å². The highest BCUT2D eigenvalue weighted by Gasteiger charge is 2.31. The number of nitro groups is 1. The number of thioether (sulfide) groups is 1. The minimum Gasteiger partial charge on any atom is -0.288 e. The molecule has 1 heterocycles. The molecule has 1 saturated heterocycles. The number of carbonyl (C=O) groups excluding carboxylic acids is 1. The third-order valence-electron chi connectivity index (χ3n) is 3.70. The fraction of sp³-hybridized carbons (Fsp3) is 0.0526. The van der Waals surface area contributed by atoms with Gasteiger partial charge in [-0.2, -0.15) is 0 Å². The number of nitrogens with zero attached hydrogens (tertiary/aromatic N) is 2. The van der Waals surface area contributed by atoms with Gasteiger partial charge in [0.25, 0.3) is 11.6 Å². The molecule has 0 bridgehead atoms. The fourth-order valence-electron chi connectivity index (χ4n) is 2.37. The summed E-state index contributed by atoms with van der Waals surface area (Å²) in [5.74, 6) is -0.114. The van der Waals surface area contributed by atoms with E-state index in [0.29, 0.717) is 15.8 Å². The summed E-state index contributed by atoms with van der Waals surface area (Å²) in [7, 11) is 0. The van der Waals surface area contributed by atoms with Crippen molar-refractivity contribution in [3.63, 3.8) is 0 Å². The van der Waals surface area contributed by atoms with Gasteiger partial charge in [-0.1, -0.05) is 66.5 Å². The Bertz CT molecular complexity index is 906. The molecule has 3 rings (SSSR count). The largest absolute Gasteiger partial charge is 0.288 e. The lowest BCUT2D eigenvalue weighted by Crippen LogP contribution is -2.27. The molecule has 0 aliphatic carbocycles. The Balaban J connectivity index is 1.68. The second-order valence-corrected chi connectivity index (χ2v) is 7.16. The lowest BCUT2D eigenvalue weighted by molar-refractivity contribution is -0.384. The van der Waals surface area contributed by atoms with E-state index in [1.807, 2.05) is 30.3 Å². The van der Waals surface area contributed by atoms with Crippen LogP contribution in [0.15, 0.2) is 71.7 Å². The average molecular weight is 382 g/mol. The summed E-state index contributed by atoms with van der Waals surface area (Å²) in [5, 5.41) is 10.6. The summed E-state index contributed by atoms with van der Waals surface area (Å²) < 4.78 is 0.536. The van der Waals surface area contributed by atoms with Crippen LogP contribution in [0.2, 0.25) is 0 Å². The molecule has 1 aliphatic heterocycles. The van der Waals surface area contributed by atoms with Crippen LogP contribution in [-0.4, -0.2) is 20.1 Å². The van der Waals surface area contributed by atoms with Crippen LogP contribution in [-0.2, 0) is 11.3 Å². The maximum Gasteiger partial charge on any atom is 0.269 e. The second kappa shape index (κ2) is 8.07. The first-order chi connectivity index (χ1) is 12.5. The number of amides is 1. The van der Waals surface area contributed by atoms with Gasteiger partial charge in [0.15, 0.2) is 0 Å². The Hall–Kier alpha value is -2.77. The number of nitro benzene ring substituents is 1. The zero-order chi connectivity index (χ0) is 18.5.